The number of aryl methyl sites for hydroxylation is 1. The Kier molecular flexibility index (Phi) is 4.20. The number of aliphatic hydroxyl groups excluding tert-OH is 1. The summed E-state index contributed by atoms with van der Waals surface area (Å²) in [6.45, 7) is 2.00. The molecule has 0 radical (unpaired) electrons. The number of hydrogen-bond donors (Lipinski definition) is 1. The first-order valence-electron chi connectivity index (χ1n) is 5.68. The molecular weight excluding hydrogens is 267 g/mol. The number of aromatic nitrogens is 2. The van der Waals surface area contributed by atoms with Crippen LogP contribution in [0.15, 0.2) is 24.4 Å². The summed E-state index contributed by atoms with van der Waals surface area (Å²) < 4.78 is 14.9. The van der Waals surface area contributed by atoms with Crippen LogP contribution in [0.1, 0.15) is 16.8 Å². The maximum absolute atomic E-state index is 13.2. The van der Waals surface area contributed by atoms with E-state index < -0.39 is 0 Å². The average molecular weight is 279 g/mol. The molecule has 0 saturated carbocycles. The minimum atomic E-state index is -0.360. The van der Waals surface area contributed by atoms with Crippen molar-refractivity contribution in [3.8, 4) is 11.8 Å². The Bertz CT molecular complexity index is 636. The van der Waals surface area contributed by atoms with Gasteiger partial charge in [-0.1, -0.05) is 29.5 Å². The van der Waals surface area contributed by atoms with E-state index in [1.54, 1.807) is 16.9 Å². The van der Waals surface area contributed by atoms with Gasteiger partial charge in [-0.05, 0) is 24.6 Å². The van der Waals surface area contributed by atoms with Gasteiger partial charge in [0.25, 0.3) is 0 Å². The highest BCUT2D eigenvalue weighted by Crippen LogP contribution is 2.16. The summed E-state index contributed by atoms with van der Waals surface area (Å²) in [7, 11) is 0. The number of aliphatic hydroxyl groups is 1. The zero-order valence-corrected chi connectivity index (χ0v) is 11.1. The van der Waals surface area contributed by atoms with Crippen LogP contribution in [-0.2, 0) is 6.54 Å². The van der Waals surface area contributed by atoms with Crippen molar-refractivity contribution in [2.75, 3.05) is 6.61 Å². The molecular formula is C14H12ClFN2O. The lowest BCUT2D eigenvalue weighted by Gasteiger charge is -2.05. The van der Waals surface area contributed by atoms with Gasteiger partial charge in [0.1, 0.15) is 12.4 Å². The predicted octanol–water partition coefficient (Wildman–Crippen LogP) is 2.38. The summed E-state index contributed by atoms with van der Waals surface area (Å²) >= 11 is 5.94. The molecule has 19 heavy (non-hydrogen) atoms. The van der Waals surface area contributed by atoms with Crippen LogP contribution in [0.5, 0.6) is 0 Å². The molecule has 1 heterocycles. The van der Waals surface area contributed by atoms with Gasteiger partial charge in [0.15, 0.2) is 0 Å². The molecule has 1 aromatic carbocycles. The smallest absolute Gasteiger partial charge is 0.124 e. The van der Waals surface area contributed by atoms with Gasteiger partial charge < -0.3 is 5.11 Å². The molecule has 98 valence electrons. The fourth-order valence-corrected chi connectivity index (χ4v) is 1.84. The largest absolute Gasteiger partial charge is 0.384 e. The lowest BCUT2D eigenvalue weighted by molar-refractivity contribution is 0.350. The van der Waals surface area contributed by atoms with Gasteiger partial charge in [-0.15, -0.1) is 0 Å². The van der Waals surface area contributed by atoms with Crippen molar-refractivity contribution in [1.82, 2.24) is 9.78 Å². The molecule has 5 heteroatoms. The number of benzene rings is 1. The predicted molar refractivity (Wildman–Crippen MR) is 71.4 cm³/mol. The van der Waals surface area contributed by atoms with Crippen LogP contribution in [0, 0.1) is 24.6 Å². The first-order valence-corrected chi connectivity index (χ1v) is 6.05. The molecule has 2 aromatic rings. The Balaban J connectivity index is 2.33. The van der Waals surface area contributed by atoms with Crippen molar-refractivity contribution >= 4 is 11.6 Å². The number of rotatable bonds is 2. The van der Waals surface area contributed by atoms with Gasteiger partial charge in [-0.3, -0.25) is 4.68 Å². The van der Waals surface area contributed by atoms with Crippen molar-refractivity contribution in [2.24, 2.45) is 0 Å². The van der Waals surface area contributed by atoms with E-state index in [0.717, 1.165) is 11.3 Å². The summed E-state index contributed by atoms with van der Waals surface area (Å²) in [6, 6.07) is 4.37. The molecule has 1 aromatic heterocycles. The molecule has 0 aliphatic rings. The highest BCUT2D eigenvalue weighted by atomic mass is 35.5. The SMILES string of the molecule is Cc1nn(Cc2ccc(F)cc2C#CCO)cc1Cl. The first kappa shape index (κ1) is 13.6. The van der Waals surface area contributed by atoms with E-state index in [1.165, 1.54) is 12.1 Å². The molecule has 0 amide bonds. The summed E-state index contributed by atoms with van der Waals surface area (Å²) in [5.74, 6) is 4.89. The normalized spacial score (nSPS) is 10.1. The Hall–Kier alpha value is -1.83. The Morgan fingerprint density at radius 3 is 2.89 bits per heavy atom. The molecule has 0 spiro atoms. The van der Waals surface area contributed by atoms with Gasteiger partial charge in [0.2, 0.25) is 0 Å². The molecule has 1 N–H and O–H groups in total. The zero-order valence-electron chi connectivity index (χ0n) is 10.3. The quantitative estimate of drug-likeness (QED) is 0.857. The minimum absolute atomic E-state index is 0.261. The third kappa shape index (κ3) is 3.34. The summed E-state index contributed by atoms with van der Waals surface area (Å²) in [6.07, 6.45) is 1.71. The van der Waals surface area contributed by atoms with E-state index in [0.29, 0.717) is 17.1 Å². The van der Waals surface area contributed by atoms with E-state index in [2.05, 4.69) is 16.9 Å². The monoisotopic (exact) mass is 278 g/mol. The van der Waals surface area contributed by atoms with Gasteiger partial charge in [-0.25, -0.2) is 4.39 Å². The molecule has 0 atom stereocenters. The zero-order chi connectivity index (χ0) is 13.8. The summed E-state index contributed by atoms with van der Waals surface area (Å²) in [4.78, 5) is 0. The number of halogens is 2. The molecule has 3 nitrogen and oxygen atoms in total. The van der Waals surface area contributed by atoms with Crippen LogP contribution in [0.25, 0.3) is 0 Å². The fraction of sp³-hybridized carbons (Fsp3) is 0.214. The average Bonchev–Trinajstić information content (AvgIpc) is 2.68. The number of hydrogen-bond acceptors (Lipinski definition) is 2. The molecule has 0 bridgehead atoms. The molecule has 0 aliphatic carbocycles. The maximum atomic E-state index is 13.2. The van der Waals surface area contributed by atoms with E-state index in [9.17, 15) is 4.39 Å². The number of nitrogens with zero attached hydrogens (tertiary/aromatic N) is 2. The van der Waals surface area contributed by atoms with Crippen molar-refractivity contribution in [3.05, 3.63) is 52.1 Å². The lowest BCUT2D eigenvalue weighted by atomic mass is 10.1. The highest BCUT2D eigenvalue weighted by molar-refractivity contribution is 6.31. The third-order valence-electron chi connectivity index (χ3n) is 2.59. The van der Waals surface area contributed by atoms with Crippen LogP contribution in [0.2, 0.25) is 5.02 Å². The van der Waals surface area contributed by atoms with E-state index in [-0.39, 0.29) is 12.4 Å². The summed E-state index contributed by atoms with van der Waals surface area (Å²) in [5.41, 5.74) is 2.10. The Labute approximate surface area is 115 Å². The molecule has 0 unspecified atom stereocenters. The molecule has 0 saturated heterocycles. The van der Waals surface area contributed by atoms with E-state index >= 15 is 0 Å². The second kappa shape index (κ2) is 5.87. The van der Waals surface area contributed by atoms with Crippen LogP contribution >= 0.6 is 11.6 Å². The van der Waals surface area contributed by atoms with Crippen LogP contribution in [-0.4, -0.2) is 21.5 Å². The second-order valence-corrected chi connectivity index (χ2v) is 4.43. The van der Waals surface area contributed by atoms with Crippen molar-refractivity contribution in [3.63, 3.8) is 0 Å². The maximum Gasteiger partial charge on any atom is 0.124 e. The first-order chi connectivity index (χ1) is 9.10. The van der Waals surface area contributed by atoms with Crippen LogP contribution in [0.4, 0.5) is 4.39 Å². The minimum Gasteiger partial charge on any atom is -0.384 e. The standard InChI is InChI=1S/C14H12ClFN2O/c1-10-14(15)9-18(17-10)8-12-4-5-13(16)7-11(12)3-2-6-19/h4-5,7,9,19H,6,8H2,1H3. The topological polar surface area (TPSA) is 38.0 Å². The van der Waals surface area contributed by atoms with Crippen molar-refractivity contribution in [2.45, 2.75) is 13.5 Å². The van der Waals surface area contributed by atoms with Gasteiger partial charge in [-0.2, -0.15) is 5.10 Å². The van der Waals surface area contributed by atoms with Gasteiger partial charge in [0.05, 0.1) is 17.3 Å². The van der Waals surface area contributed by atoms with E-state index in [4.69, 9.17) is 16.7 Å². The lowest BCUT2D eigenvalue weighted by Crippen LogP contribution is -2.03. The van der Waals surface area contributed by atoms with Gasteiger partial charge in [0, 0.05) is 11.8 Å². The van der Waals surface area contributed by atoms with Crippen molar-refractivity contribution in [1.29, 1.82) is 0 Å². The highest BCUT2D eigenvalue weighted by Gasteiger charge is 2.06. The van der Waals surface area contributed by atoms with Crippen LogP contribution < -0.4 is 0 Å². The van der Waals surface area contributed by atoms with Gasteiger partial charge >= 0.3 is 0 Å². The molecule has 0 fully saturated rings. The summed E-state index contributed by atoms with van der Waals surface area (Å²) in [5, 5.41) is 13.5. The Morgan fingerprint density at radius 2 is 2.26 bits per heavy atom. The fourth-order valence-electron chi connectivity index (χ4n) is 1.69. The molecule has 0 aliphatic heterocycles. The second-order valence-electron chi connectivity index (χ2n) is 4.02. The van der Waals surface area contributed by atoms with Crippen molar-refractivity contribution < 1.29 is 9.50 Å². The molecule has 2 rings (SSSR count). The van der Waals surface area contributed by atoms with E-state index in [1.807, 2.05) is 6.92 Å². The Morgan fingerprint density at radius 1 is 1.47 bits per heavy atom. The van der Waals surface area contributed by atoms with Crippen LogP contribution in [0.3, 0.4) is 0 Å². The third-order valence-corrected chi connectivity index (χ3v) is 2.96.